The van der Waals surface area contributed by atoms with Crippen LogP contribution in [0.5, 0.6) is 0 Å². The maximum atomic E-state index is 12.9. The monoisotopic (exact) mass is 716 g/mol. The van der Waals surface area contributed by atoms with E-state index >= 15 is 0 Å². The van der Waals surface area contributed by atoms with Crippen molar-refractivity contribution in [2.75, 3.05) is 19.7 Å². The van der Waals surface area contributed by atoms with Crippen LogP contribution in [-0.4, -0.2) is 130 Å². The molecule has 21 heteroatoms. The van der Waals surface area contributed by atoms with Crippen molar-refractivity contribution < 1.29 is 63.5 Å². The molecule has 1 aliphatic heterocycles. The molecule has 0 aromatic carbocycles. The van der Waals surface area contributed by atoms with E-state index in [-0.39, 0.29) is 44.7 Å². The van der Waals surface area contributed by atoms with Crippen LogP contribution in [-0.2, 0) is 43.0 Å². The highest BCUT2D eigenvalue weighted by molar-refractivity contribution is 5.92. The predicted octanol–water partition coefficient (Wildman–Crippen LogP) is -2.76. The molecule has 5 amide bonds. The van der Waals surface area contributed by atoms with Crippen molar-refractivity contribution in [2.24, 2.45) is 16.8 Å². The first-order valence-electron chi connectivity index (χ1n) is 16.0. The van der Waals surface area contributed by atoms with Crippen molar-refractivity contribution in [2.45, 2.75) is 115 Å². The van der Waals surface area contributed by atoms with E-state index in [2.05, 4.69) is 31.3 Å². The van der Waals surface area contributed by atoms with Crippen LogP contribution >= 0.6 is 0 Å². The Morgan fingerprint density at radius 1 is 1.00 bits per heavy atom. The van der Waals surface area contributed by atoms with Gasteiger partial charge in [-0.1, -0.05) is 12.0 Å². The molecule has 0 spiro atoms. The summed E-state index contributed by atoms with van der Waals surface area (Å²) in [5.41, 5.74) is 13.6. The number of nitrogens with zero attached hydrogens (tertiary/aromatic N) is 3. The summed E-state index contributed by atoms with van der Waals surface area (Å²) >= 11 is 0. The summed E-state index contributed by atoms with van der Waals surface area (Å²) in [6.45, 7) is 3.42. The summed E-state index contributed by atoms with van der Waals surface area (Å²) in [4.78, 5) is 87.7. The molecule has 5 unspecified atom stereocenters. The summed E-state index contributed by atoms with van der Waals surface area (Å²) in [5, 5.41) is 52.7. The summed E-state index contributed by atoms with van der Waals surface area (Å²) in [6, 6.07) is -3.88. The van der Waals surface area contributed by atoms with Crippen molar-refractivity contribution in [1.82, 2.24) is 21.3 Å². The number of ketones is 1. The number of azide groups is 1. The molecule has 0 saturated carbocycles. The fourth-order valence-electron chi connectivity index (χ4n) is 4.89. The molecule has 50 heavy (non-hydrogen) atoms. The number of amides is 5. The van der Waals surface area contributed by atoms with Gasteiger partial charge in [0.25, 0.3) is 0 Å². The summed E-state index contributed by atoms with van der Waals surface area (Å²) in [6.07, 6.45) is -7.37. The second-order valence-electron chi connectivity index (χ2n) is 11.8. The Hall–Kier alpha value is -4.40. The number of aliphatic carboxylic acids is 1. The molecule has 0 aliphatic carbocycles. The zero-order valence-electron chi connectivity index (χ0n) is 28.1. The zero-order valence-corrected chi connectivity index (χ0v) is 28.1. The van der Waals surface area contributed by atoms with E-state index in [4.69, 9.17) is 20.7 Å². The van der Waals surface area contributed by atoms with Gasteiger partial charge < -0.3 is 56.9 Å². The Morgan fingerprint density at radius 3 is 2.26 bits per heavy atom. The molecule has 1 heterocycles. The van der Waals surface area contributed by atoms with Gasteiger partial charge in [-0.15, -0.1) is 0 Å². The Bertz CT molecular complexity index is 1250. The van der Waals surface area contributed by atoms with Gasteiger partial charge in [0, 0.05) is 50.1 Å². The van der Waals surface area contributed by atoms with E-state index in [1.165, 1.54) is 13.8 Å². The minimum absolute atomic E-state index is 0.0106. The van der Waals surface area contributed by atoms with Gasteiger partial charge in [0.2, 0.25) is 29.5 Å². The quantitative estimate of drug-likeness (QED) is 0.0224. The largest absolute Gasteiger partial charge is 0.480 e. The number of nitrogens with one attached hydrogen (secondary N) is 4. The normalized spacial score (nSPS) is 22.4. The third-order valence-electron chi connectivity index (χ3n) is 7.71. The van der Waals surface area contributed by atoms with E-state index in [1.807, 2.05) is 0 Å². The molecule has 10 N–H and O–H groups in total. The van der Waals surface area contributed by atoms with Gasteiger partial charge in [-0.25, -0.2) is 4.79 Å². The molecular formula is C29H48N8O13. The standard InChI is InChI=1S/C29H48N8O13/c1-14(12-19(40)15(2)49-25-23(34-16(3)39)29(48)50-20(13-38)24(25)43)27(45)36-17(26(30)44)7-8-22(42)35-18(28(46)47)6-4-5-10-32-21(41)9-11-33-37-31/h14-15,17-18,20,23-25,29,38,43,48H,4-13H2,1-3H3,(H2,30,44)(H,32,41)(H,34,39)(H,35,42)(H,36,45)(H,46,47)/t14-,15-,17-,18-,20?,23?,24?,25?,29?/m1/s1. The smallest absolute Gasteiger partial charge is 0.326 e. The summed E-state index contributed by atoms with van der Waals surface area (Å²) in [5.74, 6) is -6.33. The van der Waals surface area contributed by atoms with Crippen LogP contribution in [0.25, 0.3) is 10.4 Å². The summed E-state index contributed by atoms with van der Waals surface area (Å²) < 4.78 is 10.8. The van der Waals surface area contributed by atoms with E-state index < -0.39 is 103 Å². The highest BCUT2D eigenvalue weighted by Crippen LogP contribution is 2.24. The molecule has 1 rings (SSSR count). The average molecular weight is 717 g/mol. The second kappa shape index (κ2) is 22.3. The van der Waals surface area contributed by atoms with E-state index in [0.29, 0.717) is 12.8 Å². The molecule has 0 bridgehead atoms. The number of Topliss-reactive ketones (excluding diaryl/α,β-unsaturated/α-hetero) is 1. The van der Waals surface area contributed by atoms with Crippen LogP contribution in [0.15, 0.2) is 5.11 Å². The minimum atomic E-state index is -1.67. The van der Waals surface area contributed by atoms with Crippen molar-refractivity contribution >= 4 is 41.3 Å². The number of hydrogen-bond acceptors (Lipinski definition) is 13. The highest BCUT2D eigenvalue weighted by atomic mass is 16.6. The first-order valence-corrected chi connectivity index (χ1v) is 16.0. The number of carboxylic acid groups (broad SMARTS) is 1. The van der Waals surface area contributed by atoms with Crippen LogP contribution < -0.4 is 27.0 Å². The van der Waals surface area contributed by atoms with Crippen LogP contribution in [0, 0.1) is 5.92 Å². The number of aliphatic hydroxyl groups excluding tert-OH is 3. The Morgan fingerprint density at radius 2 is 1.68 bits per heavy atom. The lowest BCUT2D eigenvalue weighted by atomic mass is 9.95. The number of carbonyl (C=O) groups excluding carboxylic acids is 6. The van der Waals surface area contributed by atoms with E-state index in [0.717, 1.165) is 6.92 Å². The molecule has 21 nitrogen and oxygen atoms in total. The number of carboxylic acids is 1. The fraction of sp³-hybridized carbons (Fsp3) is 0.759. The van der Waals surface area contributed by atoms with E-state index in [9.17, 15) is 54.0 Å². The first-order chi connectivity index (χ1) is 23.5. The topological polar surface area (TPSA) is 342 Å². The van der Waals surface area contributed by atoms with Gasteiger partial charge in [-0.2, -0.15) is 0 Å². The second-order valence-corrected chi connectivity index (χ2v) is 11.8. The van der Waals surface area contributed by atoms with Gasteiger partial charge >= 0.3 is 5.97 Å². The maximum absolute atomic E-state index is 12.9. The summed E-state index contributed by atoms with van der Waals surface area (Å²) in [7, 11) is 0. The molecule has 1 fully saturated rings. The fourth-order valence-corrected chi connectivity index (χ4v) is 4.89. The van der Waals surface area contributed by atoms with Crippen LogP contribution in [0.2, 0.25) is 0 Å². The zero-order chi connectivity index (χ0) is 38.0. The number of nitrogens with two attached hydrogens (primary N) is 1. The lowest BCUT2D eigenvalue weighted by Gasteiger charge is -2.43. The number of hydrogen-bond donors (Lipinski definition) is 9. The molecule has 1 saturated heterocycles. The number of ether oxygens (including phenoxy) is 2. The highest BCUT2D eigenvalue weighted by Gasteiger charge is 2.47. The lowest BCUT2D eigenvalue weighted by Crippen LogP contribution is -2.65. The molecule has 282 valence electrons. The molecule has 0 radical (unpaired) electrons. The Kier molecular flexibility index (Phi) is 19.5. The van der Waals surface area contributed by atoms with Crippen LogP contribution in [0.3, 0.4) is 0 Å². The molecule has 0 aromatic heterocycles. The molecule has 0 aromatic rings. The van der Waals surface area contributed by atoms with Crippen molar-refractivity contribution in [3.8, 4) is 0 Å². The first kappa shape index (κ1) is 43.6. The van der Waals surface area contributed by atoms with E-state index in [1.54, 1.807) is 0 Å². The number of aliphatic hydroxyl groups is 3. The predicted molar refractivity (Wildman–Crippen MR) is 170 cm³/mol. The van der Waals surface area contributed by atoms with Gasteiger partial charge in [0.1, 0.15) is 42.5 Å². The van der Waals surface area contributed by atoms with Crippen molar-refractivity contribution in [3.63, 3.8) is 0 Å². The average Bonchev–Trinajstić information content (AvgIpc) is 3.04. The van der Waals surface area contributed by atoms with Crippen molar-refractivity contribution in [3.05, 3.63) is 10.4 Å². The SMILES string of the molecule is CC(=O)NC1C(O)OC(CO)C(O)C1O[C@H](C)C(=O)C[C@@H](C)C(=O)N[C@H](CCC(=O)N[C@H](CCCCNC(=O)CCN=[N+]=[N-])C(=O)O)C(N)=O. The third kappa shape index (κ3) is 15.4. The van der Waals surface area contributed by atoms with Crippen LogP contribution in [0.1, 0.15) is 65.7 Å². The third-order valence-corrected chi connectivity index (χ3v) is 7.71. The van der Waals surface area contributed by atoms with Crippen molar-refractivity contribution in [1.29, 1.82) is 0 Å². The molecular weight excluding hydrogens is 668 g/mol. The number of rotatable bonds is 23. The number of carbonyl (C=O) groups is 7. The lowest BCUT2D eigenvalue weighted by molar-refractivity contribution is -0.266. The minimum Gasteiger partial charge on any atom is -0.480 e. The molecule has 1 aliphatic rings. The molecule has 9 atom stereocenters. The van der Waals surface area contributed by atoms with Gasteiger partial charge in [-0.05, 0) is 38.1 Å². The number of primary amides is 1. The Labute approximate surface area is 287 Å². The maximum Gasteiger partial charge on any atom is 0.326 e. The van der Waals surface area contributed by atoms with Crippen LogP contribution in [0.4, 0.5) is 0 Å². The van der Waals surface area contributed by atoms with Gasteiger partial charge in [-0.3, -0.25) is 28.8 Å². The van der Waals surface area contributed by atoms with Gasteiger partial charge in [0.15, 0.2) is 12.1 Å². The Balaban J connectivity index is 2.64. The van der Waals surface area contributed by atoms with Gasteiger partial charge in [0.05, 0.1) is 6.61 Å². The number of unbranched alkanes of at least 4 members (excludes halogenated alkanes) is 1.